The van der Waals surface area contributed by atoms with Crippen LogP contribution in [0, 0.1) is 0 Å². The van der Waals surface area contributed by atoms with Gasteiger partial charge in [-0.25, -0.2) is 4.98 Å². The number of aromatic nitrogens is 2. The zero-order valence-electron chi connectivity index (χ0n) is 11.2. The molecule has 0 amide bonds. The van der Waals surface area contributed by atoms with Crippen LogP contribution in [0.5, 0.6) is 0 Å². The van der Waals surface area contributed by atoms with E-state index in [1.165, 1.54) is 12.4 Å². The van der Waals surface area contributed by atoms with E-state index in [0.717, 1.165) is 30.4 Å². The summed E-state index contributed by atoms with van der Waals surface area (Å²) in [6.45, 7) is 0.589. The van der Waals surface area contributed by atoms with Crippen LogP contribution >= 0.6 is 0 Å². The number of piperidine rings is 1. The van der Waals surface area contributed by atoms with Crippen molar-refractivity contribution in [3.05, 3.63) is 18.2 Å². The van der Waals surface area contributed by atoms with Gasteiger partial charge in [-0.1, -0.05) is 13.3 Å². The third-order valence-corrected chi connectivity index (χ3v) is 3.83. The van der Waals surface area contributed by atoms with Crippen LogP contribution in [0.4, 0.5) is 8.78 Å². The summed E-state index contributed by atoms with van der Waals surface area (Å²) >= 11 is 0. The van der Waals surface area contributed by atoms with E-state index in [9.17, 15) is 13.9 Å². The van der Waals surface area contributed by atoms with Crippen molar-refractivity contribution in [1.82, 2.24) is 14.5 Å². The Morgan fingerprint density at radius 3 is 2.95 bits per heavy atom. The predicted octanol–water partition coefficient (Wildman–Crippen LogP) is 2.40. The summed E-state index contributed by atoms with van der Waals surface area (Å²) in [7, 11) is 0. The number of nitrogens with zero attached hydrogens (tertiary/aromatic N) is 3. The molecule has 0 saturated carbocycles. The van der Waals surface area contributed by atoms with Crippen LogP contribution in [0.15, 0.2) is 12.4 Å². The molecule has 1 N–H and O–H groups in total. The third kappa shape index (κ3) is 3.30. The van der Waals surface area contributed by atoms with Gasteiger partial charge in [0.15, 0.2) is 0 Å². The molecule has 19 heavy (non-hydrogen) atoms. The van der Waals surface area contributed by atoms with Crippen LogP contribution in [-0.4, -0.2) is 38.2 Å². The number of hydrogen-bond acceptors (Lipinski definition) is 3. The Balaban J connectivity index is 2.08. The predicted molar refractivity (Wildman–Crippen MR) is 67.8 cm³/mol. The van der Waals surface area contributed by atoms with Gasteiger partial charge in [0.1, 0.15) is 5.82 Å². The van der Waals surface area contributed by atoms with Crippen molar-refractivity contribution in [3.63, 3.8) is 0 Å². The first-order chi connectivity index (χ1) is 9.13. The molecule has 0 bridgehead atoms. The first-order valence-electron chi connectivity index (χ1n) is 6.85. The molecule has 0 radical (unpaired) electrons. The van der Waals surface area contributed by atoms with Gasteiger partial charge in [0, 0.05) is 18.4 Å². The van der Waals surface area contributed by atoms with Crippen molar-refractivity contribution in [2.75, 3.05) is 6.54 Å². The second kappa shape index (κ2) is 6.43. The molecule has 1 aromatic heterocycles. The molecule has 1 aromatic rings. The molecule has 2 atom stereocenters. The molecule has 2 unspecified atom stereocenters. The SMILES string of the molecule is CCC(O)C1CCCCN1Cc1nccn1C(F)F. The van der Waals surface area contributed by atoms with E-state index < -0.39 is 12.7 Å². The van der Waals surface area contributed by atoms with Crippen molar-refractivity contribution in [3.8, 4) is 0 Å². The first kappa shape index (κ1) is 14.4. The van der Waals surface area contributed by atoms with Crippen LogP contribution in [-0.2, 0) is 6.54 Å². The van der Waals surface area contributed by atoms with E-state index in [-0.39, 0.29) is 6.04 Å². The largest absolute Gasteiger partial charge is 0.392 e. The summed E-state index contributed by atoms with van der Waals surface area (Å²) in [5.41, 5.74) is 0. The van der Waals surface area contributed by atoms with Gasteiger partial charge in [-0.05, 0) is 25.8 Å². The maximum absolute atomic E-state index is 12.8. The minimum absolute atomic E-state index is 0.0570. The number of imidazole rings is 1. The van der Waals surface area contributed by atoms with Crippen molar-refractivity contribution in [2.24, 2.45) is 0 Å². The van der Waals surface area contributed by atoms with Gasteiger partial charge in [-0.15, -0.1) is 0 Å². The van der Waals surface area contributed by atoms with E-state index >= 15 is 0 Å². The normalized spacial score (nSPS) is 22.9. The van der Waals surface area contributed by atoms with Gasteiger partial charge in [0.25, 0.3) is 0 Å². The highest BCUT2D eigenvalue weighted by Gasteiger charge is 2.29. The topological polar surface area (TPSA) is 41.3 Å². The van der Waals surface area contributed by atoms with E-state index in [1.54, 1.807) is 0 Å². The average Bonchev–Trinajstić information content (AvgIpc) is 2.87. The summed E-state index contributed by atoms with van der Waals surface area (Å²) in [5.74, 6) is 0.366. The Morgan fingerprint density at radius 1 is 1.47 bits per heavy atom. The molecule has 2 heterocycles. The molecule has 1 aliphatic heterocycles. The quantitative estimate of drug-likeness (QED) is 0.895. The lowest BCUT2D eigenvalue weighted by molar-refractivity contribution is 0.0130. The fraction of sp³-hybridized carbons (Fsp3) is 0.769. The van der Waals surface area contributed by atoms with E-state index in [1.807, 2.05) is 6.92 Å². The lowest BCUT2D eigenvalue weighted by atomic mass is 9.96. The summed E-state index contributed by atoms with van der Waals surface area (Å²) in [5, 5.41) is 10.0. The zero-order valence-corrected chi connectivity index (χ0v) is 11.2. The Morgan fingerprint density at radius 2 is 2.26 bits per heavy atom. The minimum Gasteiger partial charge on any atom is -0.392 e. The van der Waals surface area contributed by atoms with E-state index in [0.29, 0.717) is 18.8 Å². The number of alkyl halides is 2. The summed E-state index contributed by atoms with van der Waals surface area (Å²) in [6.07, 6.45) is 6.04. The third-order valence-electron chi connectivity index (χ3n) is 3.83. The minimum atomic E-state index is -2.56. The second-order valence-corrected chi connectivity index (χ2v) is 5.04. The van der Waals surface area contributed by atoms with Crippen molar-refractivity contribution < 1.29 is 13.9 Å². The average molecular weight is 273 g/mol. The highest BCUT2D eigenvalue weighted by Crippen LogP contribution is 2.24. The van der Waals surface area contributed by atoms with Crippen LogP contribution in [0.2, 0.25) is 0 Å². The van der Waals surface area contributed by atoms with E-state index in [4.69, 9.17) is 0 Å². The van der Waals surface area contributed by atoms with Crippen molar-refractivity contribution >= 4 is 0 Å². The van der Waals surface area contributed by atoms with Gasteiger partial charge in [-0.3, -0.25) is 9.47 Å². The Hall–Kier alpha value is -1.01. The number of likely N-dealkylation sites (tertiary alicyclic amines) is 1. The summed E-state index contributed by atoms with van der Waals surface area (Å²) < 4.78 is 26.5. The monoisotopic (exact) mass is 273 g/mol. The number of aliphatic hydroxyl groups excluding tert-OH is 1. The fourth-order valence-electron chi connectivity index (χ4n) is 2.75. The van der Waals surface area contributed by atoms with Crippen LogP contribution < -0.4 is 0 Å². The van der Waals surface area contributed by atoms with Crippen molar-refractivity contribution in [2.45, 2.75) is 57.8 Å². The molecular weight excluding hydrogens is 252 g/mol. The Bertz CT molecular complexity index is 397. The van der Waals surface area contributed by atoms with Crippen LogP contribution in [0.1, 0.15) is 45.0 Å². The number of rotatable bonds is 5. The lowest BCUT2D eigenvalue weighted by Gasteiger charge is -2.38. The lowest BCUT2D eigenvalue weighted by Crippen LogP contribution is -2.46. The highest BCUT2D eigenvalue weighted by molar-refractivity contribution is 4.95. The van der Waals surface area contributed by atoms with Crippen LogP contribution in [0.3, 0.4) is 0 Å². The molecule has 0 aromatic carbocycles. The van der Waals surface area contributed by atoms with E-state index in [2.05, 4.69) is 9.88 Å². The van der Waals surface area contributed by atoms with Gasteiger partial charge < -0.3 is 5.11 Å². The fourth-order valence-corrected chi connectivity index (χ4v) is 2.75. The van der Waals surface area contributed by atoms with Gasteiger partial charge in [-0.2, -0.15) is 8.78 Å². The second-order valence-electron chi connectivity index (χ2n) is 5.04. The molecular formula is C13H21F2N3O. The summed E-state index contributed by atoms with van der Waals surface area (Å²) in [4.78, 5) is 6.09. The smallest absolute Gasteiger partial charge is 0.319 e. The number of aliphatic hydroxyl groups is 1. The zero-order chi connectivity index (χ0) is 13.8. The summed E-state index contributed by atoms with van der Waals surface area (Å²) in [6, 6.07) is 0.0570. The molecule has 1 fully saturated rings. The van der Waals surface area contributed by atoms with Gasteiger partial charge >= 0.3 is 6.55 Å². The van der Waals surface area contributed by atoms with Gasteiger partial charge in [0.2, 0.25) is 0 Å². The van der Waals surface area contributed by atoms with Crippen molar-refractivity contribution in [1.29, 1.82) is 0 Å². The molecule has 0 aliphatic carbocycles. The molecule has 6 heteroatoms. The first-order valence-corrected chi connectivity index (χ1v) is 6.85. The highest BCUT2D eigenvalue weighted by atomic mass is 19.3. The standard InChI is InChI=1S/C13H21F2N3O/c1-2-11(19)10-5-3-4-7-17(10)9-12-16-6-8-18(12)13(14)15/h6,8,10-11,13,19H,2-5,7,9H2,1H3. The maximum atomic E-state index is 12.8. The Kier molecular flexibility index (Phi) is 4.87. The molecule has 108 valence electrons. The Labute approximate surface area is 112 Å². The molecule has 2 rings (SSSR count). The maximum Gasteiger partial charge on any atom is 0.319 e. The molecule has 0 spiro atoms. The number of hydrogen-bond donors (Lipinski definition) is 1. The molecule has 1 saturated heterocycles. The van der Waals surface area contributed by atoms with Crippen LogP contribution in [0.25, 0.3) is 0 Å². The molecule has 1 aliphatic rings. The molecule has 4 nitrogen and oxygen atoms in total. The number of halogens is 2. The van der Waals surface area contributed by atoms with Gasteiger partial charge in [0.05, 0.1) is 12.6 Å².